The minimum Gasteiger partial charge on any atom is -0.490 e. The van der Waals surface area contributed by atoms with E-state index in [2.05, 4.69) is 6.07 Å². The second kappa shape index (κ2) is 6.30. The molecular formula is C16H12ClNO2S. The highest BCUT2D eigenvalue weighted by atomic mass is 35.5. The van der Waals surface area contributed by atoms with Crippen molar-refractivity contribution in [2.24, 2.45) is 0 Å². The van der Waals surface area contributed by atoms with Crippen LogP contribution in [0, 0.1) is 11.3 Å². The third-order valence-electron chi connectivity index (χ3n) is 3.01. The van der Waals surface area contributed by atoms with Crippen LogP contribution in [-0.2, 0) is 0 Å². The summed E-state index contributed by atoms with van der Waals surface area (Å²) in [5.74, 6) is 1.53. The Kier molecular flexibility index (Phi) is 4.23. The lowest BCUT2D eigenvalue weighted by Crippen LogP contribution is -1.97. The molecule has 0 aromatic heterocycles. The van der Waals surface area contributed by atoms with Crippen molar-refractivity contribution < 1.29 is 9.47 Å². The fourth-order valence-corrected chi connectivity index (χ4v) is 3.09. The molecule has 3 rings (SSSR count). The van der Waals surface area contributed by atoms with E-state index in [4.69, 9.17) is 21.1 Å². The molecule has 2 aromatic rings. The maximum atomic E-state index is 9.18. The summed E-state index contributed by atoms with van der Waals surface area (Å²) < 4.78 is 11.3. The van der Waals surface area contributed by atoms with E-state index >= 15 is 0 Å². The van der Waals surface area contributed by atoms with E-state index in [0.29, 0.717) is 23.8 Å². The Morgan fingerprint density at radius 3 is 2.67 bits per heavy atom. The van der Waals surface area contributed by atoms with Gasteiger partial charge >= 0.3 is 0 Å². The average molecular weight is 318 g/mol. The van der Waals surface area contributed by atoms with E-state index in [9.17, 15) is 5.26 Å². The molecule has 106 valence electrons. The predicted octanol–water partition coefficient (Wildman–Crippen LogP) is 4.52. The maximum absolute atomic E-state index is 9.18. The molecule has 0 amide bonds. The standard InChI is InChI=1S/C16H12ClNO2S/c17-12-2-5-16(11(8-12)10-18)21-13-3-4-14-15(9-13)20-7-1-6-19-14/h2-5,8-9H,1,6-7H2. The van der Waals surface area contributed by atoms with E-state index in [0.717, 1.165) is 27.7 Å². The predicted molar refractivity (Wildman–Crippen MR) is 82.3 cm³/mol. The number of fused-ring (bicyclic) bond motifs is 1. The van der Waals surface area contributed by atoms with Crippen molar-refractivity contribution in [2.75, 3.05) is 13.2 Å². The second-order valence-electron chi connectivity index (χ2n) is 4.51. The molecule has 0 saturated heterocycles. The average Bonchev–Trinajstić information content (AvgIpc) is 2.74. The molecule has 1 aliphatic heterocycles. The van der Waals surface area contributed by atoms with Gasteiger partial charge in [0.2, 0.25) is 0 Å². The monoisotopic (exact) mass is 317 g/mol. The van der Waals surface area contributed by atoms with Gasteiger partial charge in [-0.1, -0.05) is 23.4 Å². The van der Waals surface area contributed by atoms with Gasteiger partial charge in [0, 0.05) is 21.2 Å². The topological polar surface area (TPSA) is 42.2 Å². The van der Waals surface area contributed by atoms with Gasteiger partial charge in [-0.05, 0) is 36.4 Å². The highest BCUT2D eigenvalue weighted by Crippen LogP contribution is 2.37. The van der Waals surface area contributed by atoms with Gasteiger partial charge in [-0.25, -0.2) is 0 Å². The first-order valence-corrected chi connectivity index (χ1v) is 7.73. The normalized spacial score (nSPS) is 13.3. The largest absolute Gasteiger partial charge is 0.490 e. The molecule has 0 radical (unpaired) electrons. The number of nitriles is 1. The minimum atomic E-state index is 0.564. The van der Waals surface area contributed by atoms with Crippen molar-refractivity contribution in [1.29, 1.82) is 5.26 Å². The van der Waals surface area contributed by atoms with Crippen LogP contribution in [0.1, 0.15) is 12.0 Å². The van der Waals surface area contributed by atoms with Crippen LogP contribution in [0.15, 0.2) is 46.2 Å². The Balaban J connectivity index is 1.89. The molecule has 0 unspecified atom stereocenters. The van der Waals surface area contributed by atoms with Crippen molar-refractivity contribution in [1.82, 2.24) is 0 Å². The Labute approximate surface area is 132 Å². The van der Waals surface area contributed by atoms with Gasteiger partial charge in [0.05, 0.1) is 18.8 Å². The number of nitrogens with zero attached hydrogens (tertiary/aromatic N) is 1. The summed E-state index contributed by atoms with van der Waals surface area (Å²) in [7, 11) is 0. The number of hydrogen-bond donors (Lipinski definition) is 0. The zero-order valence-corrected chi connectivity index (χ0v) is 12.7. The number of ether oxygens (including phenoxy) is 2. The summed E-state index contributed by atoms with van der Waals surface area (Å²) in [6.45, 7) is 1.33. The summed E-state index contributed by atoms with van der Waals surface area (Å²) in [5.41, 5.74) is 0.569. The molecule has 0 fully saturated rings. The first-order valence-electron chi connectivity index (χ1n) is 6.53. The number of benzene rings is 2. The smallest absolute Gasteiger partial charge is 0.162 e. The van der Waals surface area contributed by atoms with E-state index in [1.165, 1.54) is 11.8 Å². The first-order chi connectivity index (χ1) is 10.3. The highest BCUT2D eigenvalue weighted by molar-refractivity contribution is 7.99. The Morgan fingerprint density at radius 1 is 1.05 bits per heavy atom. The molecule has 0 bridgehead atoms. The Bertz CT molecular complexity index is 712. The summed E-state index contributed by atoms with van der Waals surface area (Å²) in [5, 5.41) is 9.75. The molecule has 21 heavy (non-hydrogen) atoms. The second-order valence-corrected chi connectivity index (χ2v) is 6.07. The van der Waals surface area contributed by atoms with Crippen molar-refractivity contribution in [3.63, 3.8) is 0 Å². The van der Waals surface area contributed by atoms with Crippen molar-refractivity contribution in [3.05, 3.63) is 47.0 Å². The highest BCUT2D eigenvalue weighted by Gasteiger charge is 2.12. The van der Waals surface area contributed by atoms with Gasteiger partial charge in [-0.3, -0.25) is 0 Å². The fraction of sp³-hybridized carbons (Fsp3) is 0.188. The van der Waals surface area contributed by atoms with Crippen LogP contribution in [0.3, 0.4) is 0 Å². The number of halogens is 1. The Morgan fingerprint density at radius 2 is 1.86 bits per heavy atom. The van der Waals surface area contributed by atoms with Crippen LogP contribution in [0.5, 0.6) is 11.5 Å². The molecule has 3 nitrogen and oxygen atoms in total. The molecule has 0 N–H and O–H groups in total. The molecule has 1 aliphatic rings. The van der Waals surface area contributed by atoms with Gasteiger partial charge in [0.25, 0.3) is 0 Å². The molecule has 1 heterocycles. The summed E-state index contributed by atoms with van der Waals surface area (Å²) >= 11 is 7.43. The van der Waals surface area contributed by atoms with Crippen LogP contribution in [-0.4, -0.2) is 13.2 Å². The molecule has 0 spiro atoms. The zero-order valence-electron chi connectivity index (χ0n) is 11.1. The molecule has 0 aliphatic carbocycles. The first kappa shape index (κ1) is 14.1. The van der Waals surface area contributed by atoms with E-state index in [-0.39, 0.29) is 0 Å². The molecule has 2 aromatic carbocycles. The quantitative estimate of drug-likeness (QED) is 0.816. The van der Waals surface area contributed by atoms with Gasteiger partial charge in [0.1, 0.15) is 6.07 Å². The van der Waals surface area contributed by atoms with Crippen LogP contribution >= 0.6 is 23.4 Å². The maximum Gasteiger partial charge on any atom is 0.162 e. The van der Waals surface area contributed by atoms with Gasteiger partial charge < -0.3 is 9.47 Å². The van der Waals surface area contributed by atoms with Crippen molar-refractivity contribution in [3.8, 4) is 17.6 Å². The van der Waals surface area contributed by atoms with E-state index in [1.807, 2.05) is 24.3 Å². The van der Waals surface area contributed by atoms with Gasteiger partial charge in [-0.2, -0.15) is 5.26 Å². The van der Waals surface area contributed by atoms with Gasteiger partial charge in [0.15, 0.2) is 11.5 Å². The third kappa shape index (κ3) is 3.26. The summed E-state index contributed by atoms with van der Waals surface area (Å²) in [4.78, 5) is 1.87. The number of hydrogen-bond acceptors (Lipinski definition) is 4. The Hall–Kier alpha value is -1.83. The summed E-state index contributed by atoms with van der Waals surface area (Å²) in [6, 6.07) is 13.3. The summed E-state index contributed by atoms with van der Waals surface area (Å²) in [6.07, 6.45) is 0.882. The van der Waals surface area contributed by atoms with Crippen molar-refractivity contribution in [2.45, 2.75) is 16.2 Å². The van der Waals surface area contributed by atoms with Gasteiger partial charge in [-0.15, -0.1) is 0 Å². The third-order valence-corrected chi connectivity index (χ3v) is 4.31. The van der Waals surface area contributed by atoms with Crippen LogP contribution in [0.25, 0.3) is 0 Å². The molecule has 0 atom stereocenters. The molecule has 5 heteroatoms. The lowest BCUT2D eigenvalue weighted by atomic mass is 10.2. The van der Waals surface area contributed by atoms with E-state index < -0.39 is 0 Å². The van der Waals surface area contributed by atoms with Crippen LogP contribution < -0.4 is 9.47 Å². The zero-order chi connectivity index (χ0) is 14.7. The molecule has 0 saturated carbocycles. The number of rotatable bonds is 2. The fourth-order valence-electron chi connectivity index (χ4n) is 2.01. The van der Waals surface area contributed by atoms with E-state index in [1.54, 1.807) is 12.1 Å². The SMILES string of the molecule is N#Cc1cc(Cl)ccc1Sc1ccc2c(c1)OCCCO2. The minimum absolute atomic E-state index is 0.564. The van der Waals surface area contributed by atoms with Crippen LogP contribution in [0.4, 0.5) is 0 Å². The lowest BCUT2D eigenvalue weighted by Gasteiger charge is -2.09. The lowest BCUT2D eigenvalue weighted by molar-refractivity contribution is 0.297. The van der Waals surface area contributed by atoms with Crippen molar-refractivity contribution >= 4 is 23.4 Å². The molecular weight excluding hydrogens is 306 g/mol. The van der Waals surface area contributed by atoms with Crippen LogP contribution in [0.2, 0.25) is 5.02 Å².